The highest BCUT2D eigenvalue weighted by atomic mass is 16.7. The Labute approximate surface area is 200 Å². The molecule has 0 radical (unpaired) electrons. The van der Waals surface area contributed by atoms with Crippen LogP contribution < -0.4 is 20.1 Å². The second-order valence-electron chi connectivity index (χ2n) is 9.36. The van der Waals surface area contributed by atoms with Gasteiger partial charge in [0.2, 0.25) is 12.5 Å². The van der Waals surface area contributed by atoms with E-state index in [2.05, 4.69) is 10.6 Å². The summed E-state index contributed by atoms with van der Waals surface area (Å²) < 4.78 is 10.6. The first-order chi connectivity index (χ1) is 16.7. The van der Waals surface area contributed by atoms with Crippen LogP contribution in [0.3, 0.4) is 0 Å². The zero-order chi connectivity index (χ0) is 25.0. The van der Waals surface area contributed by atoms with Crippen LogP contribution in [0.4, 0.5) is 0 Å². The second kappa shape index (κ2) is 8.68. The number of phenols is 1. The lowest BCUT2D eigenvalue weighted by Gasteiger charge is -2.49. The number of fused-ring (bicyclic) bond motifs is 4. The van der Waals surface area contributed by atoms with Gasteiger partial charge in [0.1, 0.15) is 18.3 Å². The van der Waals surface area contributed by atoms with Crippen molar-refractivity contribution in [1.82, 2.24) is 15.5 Å². The summed E-state index contributed by atoms with van der Waals surface area (Å²) >= 11 is 0. The number of nitrogens with zero attached hydrogens (tertiary/aromatic N) is 1. The topological polar surface area (TPSA) is 161 Å². The summed E-state index contributed by atoms with van der Waals surface area (Å²) in [6, 6.07) is 6.35. The lowest BCUT2D eigenvalue weighted by molar-refractivity contribution is -0.117. The molecule has 2 aliphatic heterocycles. The summed E-state index contributed by atoms with van der Waals surface area (Å²) in [5.41, 5.74) is 1.42. The van der Waals surface area contributed by atoms with Crippen LogP contribution in [0.2, 0.25) is 0 Å². The predicted octanol–water partition coefficient (Wildman–Crippen LogP) is -0.727. The minimum atomic E-state index is -1.63. The van der Waals surface area contributed by atoms with Crippen molar-refractivity contribution in [1.29, 1.82) is 0 Å². The number of amides is 2. The fourth-order valence-corrected chi connectivity index (χ4v) is 5.19. The van der Waals surface area contributed by atoms with Crippen molar-refractivity contribution in [3.8, 4) is 17.2 Å². The highest BCUT2D eigenvalue weighted by molar-refractivity contribution is 6.02. The van der Waals surface area contributed by atoms with Crippen LogP contribution in [-0.2, 0) is 6.54 Å². The average molecular weight is 485 g/mol. The van der Waals surface area contributed by atoms with Gasteiger partial charge in [-0.1, -0.05) is 12.1 Å². The summed E-state index contributed by atoms with van der Waals surface area (Å²) in [6.07, 6.45) is -4.71. The lowest BCUT2D eigenvalue weighted by Crippen LogP contribution is -2.69. The van der Waals surface area contributed by atoms with Gasteiger partial charge in [-0.05, 0) is 43.4 Å². The highest BCUT2D eigenvalue weighted by Gasteiger charge is 2.54. The zero-order valence-corrected chi connectivity index (χ0v) is 19.1. The van der Waals surface area contributed by atoms with Crippen molar-refractivity contribution >= 4 is 11.8 Å². The van der Waals surface area contributed by atoms with Crippen molar-refractivity contribution in [3.05, 3.63) is 52.6 Å². The molecule has 0 saturated heterocycles. The minimum absolute atomic E-state index is 0.0209. The Balaban J connectivity index is 1.54. The number of ether oxygens (including phenoxy) is 2. The molecule has 2 aromatic rings. The fraction of sp³-hybridized carbons (Fsp3) is 0.417. The van der Waals surface area contributed by atoms with Crippen molar-refractivity contribution in [3.63, 3.8) is 0 Å². The Kier molecular flexibility index (Phi) is 5.80. The van der Waals surface area contributed by atoms with Crippen LogP contribution in [-0.4, -0.2) is 88.4 Å². The van der Waals surface area contributed by atoms with E-state index in [4.69, 9.17) is 9.47 Å². The molecule has 0 unspecified atom stereocenters. The van der Waals surface area contributed by atoms with Gasteiger partial charge in [-0.2, -0.15) is 0 Å². The van der Waals surface area contributed by atoms with Gasteiger partial charge in [-0.15, -0.1) is 0 Å². The molecule has 6 atom stereocenters. The zero-order valence-electron chi connectivity index (χ0n) is 19.1. The third-order valence-electron chi connectivity index (χ3n) is 6.75. The fourth-order valence-electron chi connectivity index (χ4n) is 5.19. The first-order valence-electron chi connectivity index (χ1n) is 11.2. The van der Waals surface area contributed by atoms with Gasteiger partial charge in [-0.25, -0.2) is 0 Å². The molecule has 3 aliphatic rings. The molecule has 35 heavy (non-hydrogen) atoms. The molecule has 2 aromatic carbocycles. The maximum atomic E-state index is 13.2. The predicted molar refractivity (Wildman–Crippen MR) is 121 cm³/mol. The van der Waals surface area contributed by atoms with E-state index in [-0.39, 0.29) is 29.4 Å². The Bertz CT molecular complexity index is 1190. The number of aliphatic hydroxyl groups excluding tert-OH is 3. The van der Waals surface area contributed by atoms with Gasteiger partial charge in [-0.3, -0.25) is 9.59 Å². The number of hydrogen-bond donors (Lipinski definition) is 6. The third-order valence-corrected chi connectivity index (χ3v) is 6.75. The maximum Gasteiger partial charge on any atom is 0.255 e. The van der Waals surface area contributed by atoms with Crippen LogP contribution in [0.5, 0.6) is 17.2 Å². The number of carbonyl (C=O) groups excluding carboxylic acids is 2. The molecule has 186 valence electrons. The van der Waals surface area contributed by atoms with E-state index in [1.807, 2.05) is 25.1 Å². The Morgan fingerprint density at radius 3 is 2.66 bits per heavy atom. The normalized spacial score (nSPS) is 28.8. The number of rotatable bonds is 4. The quantitative estimate of drug-likeness (QED) is 0.328. The van der Waals surface area contributed by atoms with Gasteiger partial charge < -0.3 is 45.4 Å². The standard InChI is InChI=1S/C24H27N3O8/c1-27(2)8-10-4-3-5-11(6-10)23(32)25-16-14-12-7-13-22(35-9-34-13)18(28)15(12)24(33)26-17(14)20(30)21(31)19(16)29/h3-7,14,16-17,19-21,28-31H,8-9H2,1-2H3,(H,25,32)(H,26,33)/t14-,16+,17+,19-,20-,21+/m0/s1. The molecular weight excluding hydrogens is 458 g/mol. The van der Waals surface area contributed by atoms with Crippen molar-refractivity contribution in [2.75, 3.05) is 20.9 Å². The number of hydrogen-bond acceptors (Lipinski definition) is 9. The minimum Gasteiger partial charge on any atom is -0.504 e. The Morgan fingerprint density at radius 1 is 1.14 bits per heavy atom. The van der Waals surface area contributed by atoms with E-state index in [1.165, 1.54) is 6.07 Å². The smallest absolute Gasteiger partial charge is 0.255 e. The Morgan fingerprint density at radius 2 is 1.91 bits per heavy atom. The molecule has 1 fully saturated rings. The molecular formula is C24H27N3O8. The van der Waals surface area contributed by atoms with Gasteiger partial charge in [0.25, 0.3) is 11.8 Å². The van der Waals surface area contributed by atoms with E-state index in [0.717, 1.165) is 5.56 Å². The lowest BCUT2D eigenvalue weighted by atomic mass is 9.68. The van der Waals surface area contributed by atoms with E-state index in [9.17, 15) is 30.0 Å². The first kappa shape index (κ1) is 23.4. The van der Waals surface area contributed by atoms with E-state index >= 15 is 0 Å². The number of phenolic OH excluding ortho intramolecular Hbond substituents is 1. The largest absolute Gasteiger partial charge is 0.504 e. The maximum absolute atomic E-state index is 13.2. The van der Waals surface area contributed by atoms with Crippen LogP contribution in [0.15, 0.2) is 30.3 Å². The van der Waals surface area contributed by atoms with E-state index < -0.39 is 53.9 Å². The molecule has 1 aliphatic carbocycles. The van der Waals surface area contributed by atoms with E-state index in [0.29, 0.717) is 12.1 Å². The summed E-state index contributed by atoms with van der Waals surface area (Å²) in [5.74, 6) is -2.27. The molecule has 0 spiro atoms. The molecule has 11 heteroatoms. The summed E-state index contributed by atoms with van der Waals surface area (Å²) in [4.78, 5) is 28.0. The van der Waals surface area contributed by atoms with Crippen molar-refractivity contribution in [2.24, 2.45) is 0 Å². The Hall–Kier alpha value is -3.38. The van der Waals surface area contributed by atoms with Crippen LogP contribution in [0, 0.1) is 0 Å². The SMILES string of the molecule is CN(C)Cc1cccc(C(=O)N[C@H]2[C@H](O)[C@@H](O)[C@@H](O)[C@@H]3NC(=O)c4c(cc5c(c4O)OCO5)[C@@H]23)c1. The molecule has 1 saturated carbocycles. The van der Waals surface area contributed by atoms with Gasteiger partial charge in [0.15, 0.2) is 11.5 Å². The van der Waals surface area contributed by atoms with E-state index in [1.54, 1.807) is 18.2 Å². The highest BCUT2D eigenvalue weighted by Crippen LogP contribution is 2.50. The van der Waals surface area contributed by atoms with Crippen molar-refractivity contribution in [2.45, 2.75) is 42.9 Å². The average Bonchev–Trinajstić information content (AvgIpc) is 3.29. The molecule has 2 heterocycles. The molecule has 2 amide bonds. The summed E-state index contributed by atoms with van der Waals surface area (Å²) in [6.45, 7) is 0.476. The van der Waals surface area contributed by atoms with Crippen molar-refractivity contribution < 1.29 is 39.5 Å². The first-order valence-corrected chi connectivity index (χ1v) is 11.2. The van der Waals surface area contributed by atoms with Gasteiger partial charge in [0, 0.05) is 18.0 Å². The molecule has 5 rings (SSSR count). The van der Waals surface area contributed by atoms with Gasteiger partial charge >= 0.3 is 0 Å². The number of aliphatic hydroxyl groups is 3. The summed E-state index contributed by atoms with van der Waals surface area (Å²) in [5, 5.41) is 48.2. The number of nitrogens with one attached hydrogen (secondary N) is 2. The number of aromatic hydroxyl groups is 1. The second-order valence-corrected chi connectivity index (χ2v) is 9.36. The molecule has 0 bridgehead atoms. The van der Waals surface area contributed by atoms with Crippen LogP contribution in [0.1, 0.15) is 37.8 Å². The van der Waals surface area contributed by atoms with Crippen LogP contribution >= 0.6 is 0 Å². The monoisotopic (exact) mass is 485 g/mol. The molecule has 0 aromatic heterocycles. The summed E-state index contributed by atoms with van der Waals surface area (Å²) in [7, 11) is 3.82. The number of benzene rings is 2. The van der Waals surface area contributed by atoms with Gasteiger partial charge in [0.05, 0.1) is 17.6 Å². The van der Waals surface area contributed by atoms with Crippen LogP contribution in [0.25, 0.3) is 0 Å². The molecule has 11 nitrogen and oxygen atoms in total. The third kappa shape index (κ3) is 3.86. The number of carbonyl (C=O) groups is 2. The molecule has 6 N–H and O–H groups in total.